The number of amides is 1. The SMILES string of the molecule is CC(C)c1cccc(C(C)C)c1NC(=O)[C@H]1CCS(=O)(=O)C1. The summed E-state index contributed by atoms with van der Waals surface area (Å²) in [7, 11) is -3.05. The Bertz CT molecular complexity index is 636. The number of carbonyl (C=O) groups excluding carboxylic acids is 1. The van der Waals surface area contributed by atoms with Crippen LogP contribution in [-0.2, 0) is 14.6 Å². The fourth-order valence-corrected chi connectivity index (χ4v) is 4.66. The molecule has 122 valence electrons. The van der Waals surface area contributed by atoms with Crippen molar-refractivity contribution in [1.29, 1.82) is 0 Å². The van der Waals surface area contributed by atoms with Gasteiger partial charge in [-0.3, -0.25) is 4.79 Å². The van der Waals surface area contributed by atoms with E-state index < -0.39 is 15.8 Å². The maximum absolute atomic E-state index is 12.5. The van der Waals surface area contributed by atoms with E-state index in [9.17, 15) is 13.2 Å². The standard InChI is InChI=1S/C17H25NO3S/c1-11(2)14-6-5-7-15(12(3)4)16(14)18-17(19)13-8-9-22(20,21)10-13/h5-7,11-13H,8-10H2,1-4H3,(H,18,19)/t13-/m0/s1. The maximum atomic E-state index is 12.5. The summed E-state index contributed by atoms with van der Waals surface area (Å²) < 4.78 is 23.1. The summed E-state index contributed by atoms with van der Waals surface area (Å²) in [4.78, 5) is 12.5. The van der Waals surface area contributed by atoms with Gasteiger partial charge in [0.05, 0.1) is 17.4 Å². The summed E-state index contributed by atoms with van der Waals surface area (Å²) in [5.41, 5.74) is 3.06. The van der Waals surface area contributed by atoms with Gasteiger partial charge in [0, 0.05) is 5.69 Å². The lowest BCUT2D eigenvalue weighted by Crippen LogP contribution is -2.25. The molecule has 0 spiro atoms. The zero-order valence-corrected chi connectivity index (χ0v) is 14.5. The van der Waals surface area contributed by atoms with Crippen LogP contribution in [0.4, 0.5) is 5.69 Å². The number of hydrogen-bond acceptors (Lipinski definition) is 3. The monoisotopic (exact) mass is 323 g/mol. The molecule has 1 aromatic rings. The van der Waals surface area contributed by atoms with Gasteiger partial charge in [0.25, 0.3) is 0 Å². The Morgan fingerprint density at radius 3 is 2.09 bits per heavy atom. The first-order chi connectivity index (χ1) is 10.2. The number of carbonyl (C=O) groups is 1. The second-order valence-electron chi connectivity index (χ2n) is 6.71. The molecule has 0 radical (unpaired) electrons. The minimum atomic E-state index is -3.05. The summed E-state index contributed by atoms with van der Waals surface area (Å²) >= 11 is 0. The van der Waals surface area contributed by atoms with Crippen molar-refractivity contribution < 1.29 is 13.2 Å². The first kappa shape index (κ1) is 17.0. The van der Waals surface area contributed by atoms with Crippen molar-refractivity contribution in [1.82, 2.24) is 0 Å². The molecule has 4 nitrogen and oxygen atoms in total. The number of para-hydroxylation sites is 1. The average molecular weight is 323 g/mol. The van der Waals surface area contributed by atoms with Crippen LogP contribution < -0.4 is 5.32 Å². The summed E-state index contributed by atoms with van der Waals surface area (Å²) in [6, 6.07) is 6.06. The first-order valence-corrected chi connectivity index (χ1v) is 9.67. The van der Waals surface area contributed by atoms with Crippen molar-refractivity contribution in [3.63, 3.8) is 0 Å². The number of benzene rings is 1. The predicted octanol–water partition coefficient (Wildman–Crippen LogP) is 3.31. The smallest absolute Gasteiger partial charge is 0.228 e. The zero-order valence-electron chi connectivity index (χ0n) is 13.7. The van der Waals surface area contributed by atoms with Gasteiger partial charge in [0.2, 0.25) is 5.91 Å². The van der Waals surface area contributed by atoms with Crippen molar-refractivity contribution in [2.24, 2.45) is 5.92 Å². The van der Waals surface area contributed by atoms with Crippen LogP contribution in [0.1, 0.15) is 57.1 Å². The van der Waals surface area contributed by atoms with Crippen molar-refractivity contribution >= 4 is 21.4 Å². The Kier molecular flexibility index (Phi) is 4.95. The fraction of sp³-hybridized carbons (Fsp3) is 0.588. The van der Waals surface area contributed by atoms with Crippen LogP contribution in [0.3, 0.4) is 0 Å². The van der Waals surface area contributed by atoms with E-state index in [-0.39, 0.29) is 17.4 Å². The highest BCUT2D eigenvalue weighted by Gasteiger charge is 2.33. The van der Waals surface area contributed by atoms with Crippen molar-refractivity contribution in [3.05, 3.63) is 29.3 Å². The maximum Gasteiger partial charge on any atom is 0.228 e. The highest BCUT2D eigenvalue weighted by atomic mass is 32.2. The van der Waals surface area contributed by atoms with E-state index >= 15 is 0 Å². The van der Waals surface area contributed by atoms with Crippen LogP contribution in [0, 0.1) is 5.92 Å². The lowest BCUT2D eigenvalue weighted by atomic mass is 9.92. The van der Waals surface area contributed by atoms with E-state index in [1.165, 1.54) is 0 Å². The van der Waals surface area contributed by atoms with E-state index in [2.05, 4.69) is 33.0 Å². The minimum absolute atomic E-state index is 0.0281. The molecule has 1 atom stereocenters. The summed E-state index contributed by atoms with van der Waals surface area (Å²) in [5, 5.41) is 3.02. The zero-order chi connectivity index (χ0) is 16.5. The van der Waals surface area contributed by atoms with Crippen LogP contribution in [0.25, 0.3) is 0 Å². The fourth-order valence-electron chi connectivity index (χ4n) is 2.92. The lowest BCUT2D eigenvalue weighted by Gasteiger charge is -2.21. The lowest BCUT2D eigenvalue weighted by molar-refractivity contribution is -0.119. The number of hydrogen-bond donors (Lipinski definition) is 1. The van der Waals surface area contributed by atoms with E-state index in [1.807, 2.05) is 18.2 Å². The third-order valence-electron chi connectivity index (χ3n) is 4.22. The molecule has 1 N–H and O–H groups in total. The van der Waals surface area contributed by atoms with Gasteiger partial charge in [0.1, 0.15) is 0 Å². The van der Waals surface area contributed by atoms with E-state index in [1.54, 1.807) is 0 Å². The van der Waals surface area contributed by atoms with Crippen molar-refractivity contribution in [2.45, 2.75) is 46.0 Å². The van der Waals surface area contributed by atoms with E-state index in [0.29, 0.717) is 18.3 Å². The molecule has 0 aliphatic carbocycles. The molecule has 0 aromatic heterocycles. The van der Waals surface area contributed by atoms with Crippen LogP contribution in [-0.4, -0.2) is 25.8 Å². The van der Waals surface area contributed by atoms with Crippen molar-refractivity contribution in [2.75, 3.05) is 16.8 Å². The number of rotatable bonds is 4. The molecule has 1 saturated heterocycles. The van der Waals surface area contributed by atoms with Crippen molar-refractivity contribution in [3.8, 4) is 0 Å². The average Bonchev–Trinajstić information content (AvgIpc) is 2.78. The molecule has 1 aromatic carbocycles. The van der Waals surface area contributed by atoms with Crippen LogP contribution in [0.2, 0.25) is 0 Å². The molecule has 0 saturated carbocycles. The molecule has 2 rings (SSSR count). The molecule has 1 amide bonds. The molecule has 1 aliphatic rings. The highest BCUT2D eigenvalue weighted by molar-refractivity contribution is 7.91. The molecule has 1 fully saturated rings. The topological polar surface area (TPSA) is 63.2 Å². The molecule has 1 aliphatic heterocycles. The third-order valence-corrected chi connectivity index (χ3v) is 5.99. The quantitative estimate of drug-likeness (QED) is 0.924. The Morgan fingerprint density at radius 1 is 1.14 bits per heavy atom. The molecule has 0 unspecified atom stereocenters. The second kappa shape index (κ2) is 6.41. The van der Waals surface area contributed by atoms with E-state index in [0.717, 1.165) is 16.8 Å². The number of nitrogens with one attached hydrogen (secondary N) is 1. The van der Waals surface area contributed by atoms with Crippen LogP contribution in [0.5, 0.6) is 0 Å². The van der Waals surface area contributed by atoms with Gasteiger partial charge in [0.15, 0.2) is 9.84 Å². The van der Waals surface area contributed by atoms with Gasteiger partial charge < -0.3 is 5.32 Å². The summed E-state index contributed by atoms with van der Waals surface area (Å²) in [6.07, 6.45) is 0.426. The molecule has 0 bridgehead atoms. The Balaban J connectivity index is 2.30. The van der Waals surface area contributed by atoms with Gasteiger partial charge >= 0.3 is 0 Å². The Labute approximate surface area is 133 Å². The molecule has 22 heavy (non-hydrogen) atoms. The van der Waals surface area contributed by atoms with Gasteiger partial charge in [-0.1, -0.05) is 45.9 Å². The minimum Gasteiger partial charge on any atom is -0.325 e. The Morgan fingerprint density at radius 2 is 1.68 bits per heavy atom. The van der Waals surface area contributed by atoms with E-state index in [4.69, 9.17) is 0 Å². The molecular formula is C17H25NO3S. The third kappa shape index (κ3) is 3.69. The van der Waals surface area contributed by atoms with Gasteiger partial charge in [-0.15, -0.1) is 0 Å². The normalized spacial score (nSPS) is 20.5. The van der Waals surface area contributed by atoms with Gasteiger partial charge in [-0.2, -0.15) is 0 Å². The predicted molar refractivity (Wildman–Crippen MR) is 90.0 cm³/mol. The highest BCUT2D eigenvalue weighted by Crippen LogP contribution is 2.33. The summed E-state index contributed by atoms with van der Waals surface area (Å²) in [5.74, 6) is 0.0807. The van der Waals surface area contributed by atoms with Gasteiger partial charge in [-0.05, 0) is 29.4 Å². The number of sulfone groups is 1. The largest absolute Gasteiger partial charge is 0.325 e. The second-order valence-corrected chi connectivity index (χ2v) is 8.94. The first-order valence-electron chi connectivity index (χ1n) is 7.85. The molecule has 5 heteroatoms. The van der Waals surface area contributed by atoms with Crippen LogP contribution in [0.15, 0.2) is 18.2 Å². The van der Waals surface area contributed by atoms with Crippen LogP contribution >= 0.6 is 0 Å². The molecular weight excluding hydrogens is 298 g/mol. The molecule has 1 heterocycles. The number of anilines is 1. The summed E-state index contributed by atoms with van der Waals surface area (Å²) in [6.45, 7) is 8.37. The Hall–Kier alpha value is -1.36. The van der Waals surface area contributed by atoms with Gasteiger partial charge in [-0.25, -0.2) is 8.42 Å².